The number of nitrogens with one attached hydrogen (secondary N) is 1. The van der Waals surface area contributed by atoms with Gasteiger partial charge >= 0.3 is 0 Å². The number of rotatable bonds is 3. The summed E-state index contributed by atoms with van der Waals surface area (Å²) in [5.74, 6) is 3.78. The lowest BCUT2D eigenvalue weighted by molar-refractivity contribution is 0.174. The Bertz CT molecular complexity index is 169. The van der Waals surface area contributed by atoms with Crippen molar-refractivity contribution in [3.8, 4) is 0 Å². The van der Waals surface area contributed by atoms with Crippen LogP contribution in [0.25, 0.3) is 0 Å². The van der Waals surface area contributed by atoms with E-state index in [0.29, 0.717) is 0 Å². The quantitative estimate of drug-likeness (QED) is 0.765. The molecule has 0 amide bonds. The maximum Gasteiger partial charge on any atom is 0.0192 e. The number of hydrogen-bond donors (Lipinski definition) is 1. The van der Waals surface area contributed by atoms with Crippen LogP contribution in [0.3, 0.4) is 0 Å². The van der Waals surface area contributed by atoms with Gasteiger partial charge in [0, 0.05) is 19.1 Å². The van der Waals surface area contributed by atoms with E-state index in [1.165, 1.54) is 50.4 Å². The number of nitrogens with zero attached hydrogens (tertiary/aromatic N) is 1. The number of likely N-dealkylation sites (N-methyl/N-ethyl adjacent to an activating group) is 1. The van der Waals surface area contributed by atoms with Crippen LogP contribution in [0.4, 0.5) is 0 Å². The molecule has 0 bridgehead atoms. The highest BCUT2D eigenvalue weighted by molar-refractivity contribution is 7.99. The van der Waals surface area contributed by atoms with Gasteiger partial charge in [0.05, 0.1) is 0 Å². The van der Waals surface area contributed by atoms with Crippen molar-refractivity contribution in [3.05, 3.63) is 0 Å². The van der Waals surface area contributed by atoms with Gasteiger partial charge in [-0.1, -0.05) is 0 Å². The first-order chi connectivity index (χ1) is 6.88. The van der Waals surface area contributed by atoms with Crippen LogP contribution in [-0.2, 0) is 0 Å². The van der Waals surface area contributed by atoms with Crippen molar-refractivity contribution in [1.29, 1.82) is 0 Å². The van der Waals surface area contributed by atoms with Crippen LogP contribution < -0.4 is 5.32 Å². The van der Waals surface area contributed by atoms with E-state index in [0.717, 1.165) is 12.0 Å². The second-order valence-electron chi connectivity index (χ2n) is 4.62. The molecule has 2 unspecified atom stereocenters. The molecule has 0 aromatic carbocycles. The molecule has 0 spiro atoms. The van der Waals surface area contributed by atoms with E-state index in [-0.39, 0.29) is 0 Å². The number of hydrogen-bond acceptors (Lipinski definition) is 3. The third-order valence-corrected chi connectivity index (χ3v) is 4.69. The van der Waals surface area contributed by atoms with Crippen molar-refractivity contribution in [2.24, 2.45) is 5.92 Å². The van der Waals surface area contributed by atoms with Gasteiger partial charge in [-0.2, -0.15) is 11.8 Å². The van der Waals surface area contributed by atoms with Gasteiger partial charge in [-0.05, 0) is 50.3 Å². The Labute approximate surface area is 91.8 Å². The zero-order valence-corrected chi connectivity index (χ0v) is 9.98. The molecule has 0 aromatic rings. The zero-order chi connectivity index (χ0) is 9.80. The first kappa shape index (κ1) is 10.8. The topological polar surface area (TPSA) is 15.3 Å². The average Bonchev–Trinajstić information content (AvgIpc) is 2.71. The number of likely N-dealkylation sites (tertiary alicyclic amines) is 1. The first-order valence-corrected chi connectivity index (χ1v) is 7.01. The molecule has 2 heterocycles. The molecule has 2 aliphatic heterocycles. The Hall–Kier alpha value is 0.270. The Kier molecular flexibility index (Phi) is 4.14. The molecule has 2 atom stereocenters. The smallest absolute Gasteiger partial charge is 0.0192 e. The average molecular weight is 214 g/mol. The summed E-state index contributed by atoms with van der Waals surface area (Å²) in [7, 11) is 2.10. The molecule has 14 heavy (non-hydrogen) atoms. The van der Waals surface area contributed by atoms with E-state index < -0.39 is 0 Å². The Morgan fingerprint density at radius 1 is 1.43 bits per heavy atom. The lowest BCUT2D eigenvalue weighted by Gasteiger charge is -2.33. The minimum absolute atomic E-state index is 0.748. The largest absolute Gasteiger partial charge is 0.316 e. The minimum Gasteiger partial charge on any atom is -0.316 e. The van der Waals surface area contributed by atoms with Crippen LogP contribution in [-0.4, -0.2) is 49.1 Å². The van der Waals surface area contributed by atoms with E-state index in [1.54, 1.807) is 0 Å². The minimum atomic E-state index is 0.748. The van der Waals surface area contributed by atoms with Crippen LogP contribution in [0.2, 0.25) is 0 Å². The molecule has 0 aliphatic carbocycles. The van der Waals surface area contributed by atoms with Crippen molar-refractivity contribution in [2.45, 2.75) is 25.3 Å². The van der Waals surface area contributed by atoms with Crippen LogP contribution in [0.15, 0.2) is 0 Å². The predicted molar refractivity (Wildman–Crippen MR) is 64.0 cm³/mol. The Morgan fingerprint density at radius 2 is 2.36 bits per heavy atom. The maximum absolute atomic E-state index is 3.41. The van der Waals surface area contributed by atoms with Gasteiger partial charge in [0.25, 0.3) is 0 Å². The lowest BCUT2D eigenvalue weighted by atomic mass is 10.0. The molecule has 2 saturated heterocycles. The maximum atomic E-state index is 3.41. The summed E-state index contributed by atoms with van der Waals surface area (Å²) in [6, 6.07) is 0.748. The van der Waals surface area contributed by atoms with E-state index >= 15 is 0 Å². The monoisotopic (exact) mass is 214 g/mol. The summed E-state index contributed by atoms with van der Waals surface area (Å²) in [4.78, 5) is 2.67. The summed E-state index contributed by atoms with van der Waals surface area (Å²) in [5, 5.41) is 3.41. The van der Waals surface area contributed by atoms with Gasteiger partial charge < -0.3 is 10.2 Å². The first-order valence-electron chi connectivity index (χ1n) is 5.86. The highest BCUT2D eigenvalue weighted by Gasteiger charge is 2.23. The van der Waals surface area contributed by atoms with Gasteiger partial charge in [0.1, 0.15) is 0 Å². The third-order valence-electron chi connectivity index (χ3n) is 3.45. The molecule has 2 nitrogen and oxygen atoms in total. The molecular formula is C11H22N2S. The predicted octanol–water partition coefficient (Wildman–Crippen LogP) is 1.42. The van der Waals surface area contributed by atoms with Crippen LogP contribution >= 0.6 is 11.8 Å². The molecule has 0 radical (unpaired) electrons. The molecule has 2 fully saturated rings. The molecule has 3 heteroatoms. The summed E-state index contributed by atoms with van der Waals surface area (Å²) in [5.41, 5.74) is 0. The standard InChI is InChI=1S/C11H22N2S/c1-12-11-3-2-5-13(8-11)7-10-4-6-14-9-10/h10-12H,2-9H2,1H3. The van der Waals surface area contributed by atoms with Gasteiger partial charge in [-0.3, -0.25) is 0 Å². The summed E-state index contributed by atoms with van der Waals surface area (Å²) in [6.07, 6.45) is 4.20. The van der Waals surface area contributed by atoms with Crippen molar-refractivity contribution >= 4 is 11.8 Å². The normalized spacial score (nSPS) is 34.9. The van der Waals surface area contributed by atoms with Crippen molar-refractivity contribution < 1.29 is 0 Å². The number of piperidine rings is 1. The molecule has 82 valence electrons. The van der Waals surface area contributed by atoms with Crippen LogP contribution in [0.5, 0.6) is 0 Å². The van der Waals surface area contributed by atoms with Crippen molar-refractivity contribution in [3.63, 3.8) is 0 Å². The summed E-state index contributed by atoms with van der Waals surface area (Å²) >= 11 is 2.14. The Morgan fingerprint density at radius 3 is 3.07 bits per heavy atom. The third kappa shape index (κ3) is 2.88. The molecule has 2 rings (SSSR count). The van der Waals surface area contributed by atoms with E-state index in [9.17, 15) is 0 Å². The second kappa shape index (κ2) is 5.38. The Balaban J connectivity index is 1.73. The SMILES string of the molecule is CNC1CCCN(CC2CCSC2)C1. The van der Waals surface area contributed by atoms with E-state index in [1.807, 2.05) is 0 Å². The van der Waals surface area contributed by atoms with Crippen LogP contribution in [0.1, 0.15) is 19.3 Å². The van der Waals surface area contributed by atoms with Crippen molar-refractivity contribution in [1.82, 2.24) is 10.2 Å². The molecule has 1 N–H and O–H groups in total. The molecule has 0 saturated carbocycles. The van der Waals surface area contributed by atoms with Crippen LogP contribution in [0, 0.1) is 5.92 Å². The number of thioether (sulfide) groups is 1. The van der Waals surface area contributed by atoms with Gasteiger partial charge in [-0.15, -0.1) is 0 Å². The van der Waals surface area contributed by atoms with Gasteiger partial charge in [0.2, 0.25) is 0 Å². The van der Waals surface area contributed by atoms with Gasteiger partial charge in [-0.25, -0.2) is 0 Å². The van der Waals surface area contributed by atoms with Gasteiger partial charge in [0.15, 0.2) is 0 Å². The summed E-state index contributed by atoms with van der Waals surface area (Å²) in [6.45, 7) is 3.96. The van der Waals surface area contributed by atoms with E-state index in [4.69, 9.17) is 0 Å². The lowest BCUT2D eigenvalue weighted by Crippen LogP contribution is -2.45. The highest BCUT2D eigenvalue weighted by Crippen LogP contribution is 2.25. The molecule has 0 aromatic heterocycles. The van der Waals surface area contributed by atoms with Crippen molar-refractivity contribution in [2.75, 3.05) is 38.2 Å². The summed E-state index contributed by atoms with van der Waals surface area (Å²) < 4.78 is 0. The fraction of sp³-hybridized carbons (Fsp3) is 1.00. The molecular weight excluding hydrogens is 192 g/mol. The van der Waals surface area contributed by atoms with E-state index in [2.05, 4.69) is 29.0 Å². The fourth-order valence-corrected chi connectivity index (χ4v) is 3.82. The molecule has 2 aliphatic rings. The zero-order valence-electron chi connectivity index (χ0n) is 9.17. The highest BCUT2D eigenvalue weighted by atomic mass is 32.2. The fourth-order valence-electron chi connectivity index (χ4n) is 2.55. The second-order valence-corrected chi connectivity index (χ2v) is 5.77.